The number of halogens is 3. The topological polar surface area (TPSA) is 121 Å². The van der Waals surface area contributed by atoms with E-state index in [9.17, 15) is 27.6 Å². The Morgan fingerprint density at radius 3 is 2.78 bits per heavy atom. The van der Waals surface area contributed by atoms with Crippen LogP contribution in [-0.4, -0.2) is 49.9 Å². The van der Waals surface area contributed by atoms with Crippen LogP contribution in [0, 0.1) is 0 Å². The number of alkyl halides is 3. The molecule has 0 radical (unpaired) electrons. The highest BCUT2D eigenvalue weighted by molar-refractivity contribution is 5.92. The minimum atomic E-state index is -4.62. The van der Waals surface area contributed by atoms with Gasteiger partial charge in [0.1, 0.15) is 11.8 Å². The van der Waals surface area contributed by atoms with Gasteiger partial charge in [0.2, 0.25) is 0 Å². The maximum Gasteiger partial charge on any atom is 0.433 e. The molecule has 2 aromatic rings. The highest BCUT2D eigenvalue weighted by Crippen LogP contribution is 2.28. The lowest BCUT2D eigenvalue weighted by atomic mass is 10.1. The number of piperidine rings is 1. The van der Waals surface area contributed by atoms with Gasteiger partial charge in [-0.2, -0.15) is 18.2 Å². The van der Waals surface area contributed by atoms with Crippen molar-refractivity contribution in [1.29, 1.82) is 0 Å². The Bertz CT molecular complexity index is 927. The molecule has 144 valence electrons. The molecule has 0 aliphatic carbocycles. The molecule has 1 saturated heterocycles. The third-order valence-corrected chi connectivity index (χ3v) is 3.85. The third kappa shape index (κ3) is 4.51. The molecule has 3 rings (SSSR count). The number of aromatic nitrogens is 4. The van der Waals surface area contributed by atoms with Crippen molar-refractivity contribution in [3.05, 3.63) is 50.6 Å². The molecule has 12 heteroatoms. The molecule has 0 aromatic carbocycles. The van der Waals surface area contributed by atoms with E-state index in [1.165, 1.54) is 4.90 Å². The van der Waals surface area contributed by atoms with E-state index in [-0.39, 0.29) is 12.2 Å². The molecule has 1 atom stereocenters. The van der Waals surface area contributed by atoms with Gasteiger partial charge in [-0.15, -0.1) is 0 Å². The number of amides is 1. The number of ether oxygens (including phenoxy) is 1. The Morgan fingerprint density at radius 2 is 2.07 bits per heavy atom. The van der Waals surface area contributed by atoms with E-state index in [1.807, 2.05) is 4.98 Å². The van der Waals surface area contributed by atoms with Crippen molar-refractivity contribution < 1.29 is 22.7 Å². The van der Waals surface area contributed by atoms with Crippen molar-refractivity contribution in [3.63, 3.8) is 0 Å². The van der Waals surface area contributed by atoms with Gasteiger partial charge in [-0.25, -0.2) is 9.78 Å². The van der Waals surface area contributed by atoms with Crippen molar-refractivity contribution in [2.75, 3.05) is 13.1 Å². The number of H-pyrrole nitrogens is 2. The summed E-state index contributed by atoms with van der Waals surface area (Å²) in [4.78, 5) is 47.6. The number of hydrogen-bond acceptors (Lipinski definition) is 6. The van der Waals surface area contributed by atoms with Gasteiger partial charge in [-0.05, 0) is 18.9 Å². The lowest BCUT2D eigenvalue weighted by molar-refractivity contribution is -0.141. The van der Waals surface area contributed by atoms with E-state index in [1.54, 1.807) is 0 Å². The Morgan fingerprint density at radius 1 is 1.30 bits per heavy atom. The summed E-state index contributed by atoms with van der Waals surface area (Å²) in [6, 6.07) is 1.26. The van der Waals surface area contributed by atoms with Crippen LogP contribution < -0.4 is 16.0 Å². The van der Waals surface area contributed by atoms with E-state index in [4.69, 9.17) is 4.74 Å². The number of aromatic amines is 2. The highest BCUT2D eigenvalue weighted by Gasteiger charge is 2.33. The molecule has 0 saturated carbocycles. The average molecular weight is 385 g/mol. The van der Waals surface area contributed by atoms with Gasteiger partial charge in [0.05, 0.1) is 6.54 Å². The molecule has 9 nitrogen and oxygen atoms in total. The molecule has 0 bridgehead atoms. The predicted octanol–water partition coefficient (Wildman–Crippen LogP) is 0.556. The van der Waals surface area contributed by atoms with Crippen LogP contribution in [0.2, 0.25) is 0 Å². The second kappa shape index (κ2) is 7.21. The lowest BCUT2D eigenvalue weighted by Crippen LogP contribution is -2.45. The van der Waals surface area contributed by atoms with Gasteiger partial charge in [-0.1, -0.05) is 0 Å². The van der Waals surface area contributed by atoms with E-state index in [0.717, 1.165) is 18.3 Å². The van der Waals surface area contributed by atoms with Gasteiger partial charge in [0.15, 0.2) is 5.69 Å². The third-order valence-electron chi connectivity index (χ3n) is 3.85. The Kier molecular flexibility index (Phi) is 4.97. The number of nitrogens with zero attached hydrogens (tertiary/aromatic N) is 3. The SMILES string of the molecule is O=C(c1cc(=O)[nH]c(=O)[nH]1)N1CCCC(Oc2nccc(C(F)(F)F)n2)C1. The van der Waals surface area contributed by atoms with Gasteiger partial charge < -0.3 is 14.6 Å². The van der Waals surface area contributed by atoms with Crippen molar-refractivity contribution in [2.24, 2.45) is 0 Å². The summed E-state index contributed by atoms with van der Waals surface area (Å²) in [5, 5.41) is 0. The van der Waals surface area contributed by atoms with E-state index in [2.05, 4.69) is 15.0 Å². The maximum absolute atomic E-state index is 12.7. The van der Waals surface area contributed by atoms with Gasteiger partial charge in [0, 0.05) is 18.8 Å². The van der Waals surface area contributed by atoms with Crippen LogP contribution in [0.3, 0.4) is 0 Å². The first-order chi connectivity index (χ1) is 12.7. The fraction of sp³-hybridized carbons (Fsp3) is 0.400. The summed E-state index contributed by atoms with van der Waals surface area (Å²) >= 11 is 0. The summed E-state index contributed by atoms with van der Waals surface area (Å²) in [6.45, 7) is 0.393. The van der Waals surface area contributed by atoms with E-state index >= 15 is 0 Å². The Labute approximate surface area is 149 Å². The van der Waals surface area contributed by atoms with Crippen molar-refractivity contribution in [2.45, 2.75) is 25.1 Å². The van der Waals surface area contributed by atoms with Crippen molar-refractivity contribution in [1.82, 2.24) is 24.8 Å². The molecule has 1 aliphatic rings. The van der Waals surface area contributed by atoms with Gasteiger partial charge in [0.25, 0.3) is 11.5 Å². The molecule has 1 aliphatic heterocycles. The number of nitrogens with one attached hydrogen (secondary N) is 2. The number of rotatable bonds is 3. The number of carbonyl (C=O) groups excluding carboxylic acids is 1. The summed E-state index contributed by atoms with van der Waals surface area (Å²) in [5.41, 5.74) is -2.84. The minimum Gasteiger partial charge on any atom is -0.458 e. The fourth-order valence-corrected chi connectivity index (χ4v) is 2.68. The smallest absolute Gasteiger partial charge is 0.433 e. The maximum atomic E-state index is 12.7. The predicted molar refractivity (Wildman–Crippen MR) is 84.3 cm³/mol. The molecule has 1 unspecified atom stereocenters. The van der Waals surface area contributed by atoms with Crippen molar-refractivity contribution >= 4 is 5.91 Å². The largest absolute Gasteiger partial charge is 0.458 e. The second-order valence-corrected chi connectivity index (χ2v) is 5.86. The summed E-state index contributed by atoms with van der Waals surface area (Å²) < 4.78 is 43.5. The van der Waals surface area contributed by atoms with Crippen LogP contribution >= 0.6 is 0 Å². The fourth-order valence-electron chi connectivity index (χ4n) is 2.68. The normalized spacial score (nSPS) is 17.6. The van der Waals surface area contributed by atoms with Crippen LogP contribution in [-0.2, 0) is 6.18 Å². The number of carbonyl (C=O) groups is 1. The first-order valence-electron chi connectivity index (χ1n) is 7.92. The van der Waals surface area contributed by atoms with E-state index in [0.29, 0.717) is 19.4 Å². The van der Waals surface area contributed by atoms with Gasteiger partial charge in [-0.3, -0.25) is 14.6 Å². The first-order valence-corrected chi connectivity index (χ1v) is 7.92. The van der Waals surface area contributed by atoms with Crippen LogP contribution in [0.25, 0.3) is 0 Å². The van der Waals surface area contributed by atoms with Crippen LogP contribution in [0.15, 0.2) is 27.9 Å². The standard InChI is InChI=1S/C15H14F3N5O4/c16-15(17,18)10-3-4-19-14(21-10)27-8-2-1-5-23(7-8)12(25)9-6-11(24)22-13(26)20-9/h3-4,6,8H,1-2,5,7H2,(H2,20,22,24,26). The highest BCUT2D eigenvalue weighted by atomic mass is 19.4. The molecule has 1 amide bonds. The Balaban J connectivity index is 1.72. The zero-order chi connectivity index (χ0) is 19.6. The number of likely N-dealkylation sites (tertiary alicyclic amines) is 1. The molecule has 1 fully saturated rings. The molecule has 2 aromatic heterocycles. The average Bonchev–Trinajstić information content (AvgIpc) is 2.60. The summed E-state index contributed by atoms with van der Waals surface area (Å²) in [7, 11) is 0. The lowest BCUT2D eigenvalue weighted by Gasteiger charge is -2.32. The van der Waals surface area contributed by atoms with E-state index < -0.39 is 41.1 Å². The summed E-state index contributed by atoms with van der Waals surface area (Å²) in [5.74, 6) is -0.587. The first kappa shape index (κ1) is 18.6. The molecule has 27 heavy (non-hydrogen) atoms. The zero-order valence-electron chi connectivity index (χ0n) is 13.7. The molecule has 2 N–H and O–H groups in total. The zero-order valence-corrected chi connectivity index (χ0v) is 13.7. The quantitative estimate of drug-likeness (QED) is 0.796. The number of hydrogen-bond donors (Lipinski definition) is 2. The minimum absolute atomic E-state index is 0.0489. The van der Waals surface area contributed by atoms with Crippen molar-refractivity contribution in [3.8, 4) is 6.01 Å². The molecular weight excluding hydrogens is 371 g/mol. The molecule has 0 spiro atoms. The van der Waals surface area contributed by atoms with Crippen LogP contribution in [0.1, 0.15) is 29.0 Å². The second-order valence-electron chi connectivity index (χ2n) is 5.86. The monoisotopic (exact) mass is 385 g/mol. The summed E-state index contributed by atoms with van der Waals surface area (Å²) in [6.07, 6.45) is -3.31. The van der Waals surface area contributed by atoms with Gasteiger partial charge >= 0.3 is 17.9 Å². The molecule has 3 heterocycles. The molecular formula is C15H14F3N5O4. The van der Waals surface area contributed by atoms with Crippen LogP contribution in [0.4, 0.5) is 13.2 Å². The Hall–Kier alpha value is -3.18. The van der Waals surface area contributed by atoms with Crippen LogP contribution in [0.5, 0.6) is 6.01 Å².